The predicted molar refractivity (Wildman–Crippen MR) is 57.5 cm³/mol. The number of para-hydroxylation sites is 1. The first-order valence-corrected chi connectivity index (χ1v) is 5.41. The van der Waals surface area contributed by atoms with E-state index in [1.807, 2.05) is 29.3 Å². The molecule has 1 aromatic rings. The quantitative estimate of drug-likeness (QED) is 0.746. The Labute approximate surface area is 89.4 Å². The fraction of sp³-hybridized carbons (Fsp3) is 0.455. The minimum atomic E-state index is 0.679. The first-order chi connectivity index (χ1) is 6.86. The van der Waals surface area contributed by atoms with Crippen molar-refractivity contribution in [2.24, 2.45) is 0 Å². The van der Waals surface area contributed by atoms with E-state index in [-0.39, 0.29) is 0 Å². The summed E-state index contributed by atoms with van der Waals surface area (Å²) >= 11 is 5.99. The number of piperidine rings is 1. The fourth-order valence-electron chi connectivity index (χ4n) is 1.61. The van der Waals surface area contributed by atoms with Gasteiger partial charge in [0.25, 0.3) is 0 Å². The van der Waals surface area contributed by atoms with Gasteiger partial charge in [-0.15, -0.1) is 5.06 Å². The largest absolute Gasteiger partial charge is 0.404 e. The molecule has 0 bridgehead atoms. The molecule has 2 rings (SSSR count). The summed E-state index contributed by atoms with van der Waals surface area (Å²) < 4.78 is 0. The molecular weight excluding hydrogens is 198 g/mol. The normalized spacial score (nSPS) is 18.1. The van der Waals surface area contributed by atoms with E-state index in [0.29, 0.717) is 5.02 Å². The van der Waals surface area contributed by atoms with Crippen molar-refractivity contribution in [3.05, 3.63) is 29.3 Å². The Morgan fingerprint density at radius 2 is 1.79 bits per heavy atom. The molecule has 14 heavy (non-hydrogen) atoms. The Bertz CT molecular complexity index is 297. The Morgan fingerprint density at radius 1 is 1.07 bits per heavy atom. The van der Waals surface area contributed by atoms with Crippen molar-refractivity contribution in [3.8, 4) is 5.75 Å². The van der Waals surface area contributed by atoms with E-state index in [9.17, 15) is 0 Å². The highest BCUT2D eigenvalue weighted by molar-refractivity contribution is 6.32. The molecule has 0 spiro atoms. The van der Waals surface area contributed by atoms with Crippen molar-refractivity contribution in [2.45, 2.75) is 19.3 Å². The lowest BCUT2D eigenvalue weighted by Crippen LogP contribution is -2.32. The van der Waals surface area contributed by atoms with Crippen molar-refractivity contribution >= 4 is 11.6 Å². The summed E-state index contributed by atoms with van der Waals surface area (Å²) in [5, 5.41) is 2.67. The van der Waals surface area contributed by atoms with Crippen LogP contribution in [0.15, 0.2) is 24.3 Å². The first kappa shape index (κ1) is 9.81. The van der Waals surface area contributed by atoms with Crippen LogP contribution < -0.4 is 4.84 Å². The topological polar surface area (TPSA) is 12.5 Å². The Kier molecular flexibility index (Phi) is 3.27. The van der Waals surface area contributed by atoms with Crippen LogP contribution in [0.4, 0.5) is 0 Å². The summed E-state index contributed by atoms with van der Waals surface area (Å²) in [7, 11) is 0. The van der Waals surface area contributed by atoms with Crippen molar-refractivity contribution in [2.75, 3.05) is 13.1 Å². The van der Waals surface area contributed by atoms with Crippen LogP contribution in [0.2, 0.25) is 5.02 Å². The molecule has 0 N–H and O–H groups in total. The van der Waals surface area contributed by atoms with Crippen LogP contribution in [0.25, 0.3) is 0 Å². The maximum absolute atomic E-state index is 5.99. The molecular formula is C11H14ClNO. The highest BCUT2D eigenvalue weighted by atomic mass is 35.5. The lowest BCUT2D eigenvalue weighted by atomic mass is 10.2. The van der Waals surface area contributed by atoms with Gasteiger partial charge in [-0.2, -0.15) is 0 Å². The second-order valence-electron chi connectivity index (χ2n) is 3.51. The fourth-order valence-corrected chi connectivity index (χ4v) is 1.78. The maximum atomic E-state index is 5.99. The van der Waals surface area contributed by atoms with Crippen molar-refractivity contribution in [3.63, 3.8) is 0 Å². The predicted octanol–water partition coefficient (Wildman–Crippen LogP) is 3.12. The number of hydroxylamine groups is 2. The average molecular weight is 212 g/mol. The standard InChI is InChI=1S/C11H14ClNO/c12-10-6-2-3-7-11(10)14-13-8-4-1-5-9-13/h2-3,6-7H,1,4-5,8-9H2. The molecule has 1 aliphatic heterocycles. The third-order valence-corrected chi connectivity index (χ3v) is 2.69. The highest BCUT2D eigenvalue weighted by Gasteiger charge is 2.12. The van der Waals surface area contributed by atoms with E-state index in [0.717, 1.165) is 18.8 Å². The summed E-state index contributed by atoms with van der Waals surface area (Å²) in [5.41, 5.74) is 0. The smallest absolute Gasteiger partial charge is 0.166 e. The SMILES string of the molecule is Clc1ccccc1ON1CCCCC1. The van der Waals surface area contributed by atoms with Crippen molar-refractivity contribution < 1.29 is 4.84 Å². The van der Waals surface area contributed by atoms with Gasteiger partial charge >= 0.3 is 0 Å². The minimum Gasteiger partial charge on any atom is -0.404 e. The molecule has 0 aliphatic carbocycles. The van der Waals surface area contributed by atoms with E-state index in [1.54, 1.807) is 0 Å². The minimum absolute atomic E-state index is 0.679. The molecule has 0 unspecified atom stereocenters. The zero-order valence-corrected chi connectivity index (χ0v) is 8.83. The van der Waals surface area contributed by atoms with E-state index in [1.165, 1.54) is 19.3 Å². The summed E-state index contributed by atoms with van der Waals surface area (Å²) in [5.74, 6) is 0.760. The van der Waals surface area contributed by atoms with Gasteiger partial charge in [0.1, 0.15) is 0 Å². The molecule has 1 saturated heterocycles. The maximum Gasteiger partial charge on any atom is 0.166 e. The lowest BCUT2D eigenvalue weighted by Gasteiger charge is -2.26. The van der Waals surface area contributed by atoms with Gasteiger partial charge < -0.3 is 4.84 Å². The highest BCUT2D eigenvalue weighted by Crippen LogP contribution is 2.24. The number of rotatable bonds is 2. The van der Waals surface area contributed by atoms with E-state index in [2.05, 4.69) is 0 Å². The van der Waals surface area contributed by atoms with Crippen LogP contribution in [0.5, 0.6) is 5.75 Å². The molecule has 0 aromatic heterocycles. The van der Waals surface area contributed by atoms with Crippen LogP contribution in [0, 0.1) is 0 Å². The molecule has 1 fully saturated rings. The van der Waals surface area contributed by atoms with Crippen LogP contribution >= 0.6 is 11.6 Å². The van der Waals surface area contributed by atoms with Crippen LogP contribution in [0.3, 0.4) is 0 Å². The van der Waals surface area contributed by atoms with Crippen LogP contribution in [-0.4, -0.2) is 18.2 Å². The van der Waals surface area contributed by atoms with E-state index >= 15 is 0 Å². The Morgan fingerprint density at radius 3 is 2.50 bits per heavy atom. The van der Waals surface area contributed by atoms with Gasteiger partial charge in [-0.25, -0.2) is 0 Å². The third-order valence-electron chi connectivity index (χ3n) is 2.38. The number of hydrogen-bond acceptors (Lipinski definition) is 2. The molecule has 2 nitrogen and oxygen atoms in total. The molecule has 76 valence electrons. The monoisotopic (exact) mass is 211 g/mol. The zero-order valence-electron chi connectivity index (χ0n) is 8.08. The van der Waals surface area contributed by atoms with Crippen LogP contribution in [-0.2, 0) is 0 Å². The van der Waals surface area contributed by atoms with Crippen LogP contribution in [0.1, 0.15) is 19.3 Å². The van der Waals surface area contributed by atoms with Gasteiger partial charge in [-0.1, -0.05) is 30.2 Å². The molecule has 0 saturated carbocycles. The first-order valence-electron chi connectivity index (χ1n) is 5.04. The third kappa shape index (κ3) is 2.40. The summed E-state index contributed by atoms with van der Waals surface area (Å²) in [6, 6.07) is 7.59. The molecule has 1 heterocycles. The molecule has 0 atom stereocenters. The molecule has 0 radical (unpaired) electrons. The molecule has 3 heteroatoms. The van der Waals surface area contributed by atoms with Gasteiger partial charge in [-0.05, 0) is 25.0 Å². The van der Waals surface area contributed by atoms with E-state index in [4.69, 9.17) is 16.4 Å². The summed E-state index contributed by atoms with van der Waals surface area (Å²) in [4.78, 5) is 5.69. The van der Waals surface area contributed by atoms with Crippen molar-refractivity contribution in [1.29, 1.82) is 0 Å². The molecule has 1 aromatic carbocycles. The number of halogens is 1. The van der Waals surface area contributed by atoms with Gasteiger partial charge in [0.2, 0.25) is 0 Å². The van der Waals surface area contributed by atoms with Gasteiger partial charge in [0.05, 0.1) is 5.02 Å². The van der Waals surface area contributed by atoms with Gasteiger partial charge in [0, 0.05) is 13.1 Å². The summed E-state index contributed by atoms with van der Waals surface area (Å²) in [6.07, 6.45) is 3.73. The summed E-state index contributed by atoms with van der Waals surface area (Å²) in [6.45, 7) is 2.01. The zero-order chi connectivity index (χ0) is 9.80. The second-order valence-corrected chi connectivity index (χ2v) is 3.92. The second kappa shape index (κ2) is 4.67. The number of nitrogens with zero attached hydrogens (tertiary/aromatic N) is 1. The number of benzene rings is 1. The lowest BCUT2D eigenvalue weighted by molar-refractivity contribution is -0.0719. The van der Waals surface area contributed by atoms with Crippen molar-refractivity contribution in [1.82, 2.24) is 5.06 Å². The van der Waals surface area contributed by atoms with Gasteiger partial charge in [0.15, 0.2) is 5.75 Å². The molecule has 0 amide bonds. The number of hydrogen-bond donors (Lipinski definition) is 0. The van der Waals surface area contributed by atoms with Gasteiger partial charge in [-0.3, -0.25) is 0 Å². The average Bonchev–Trinajstić information content (AvgIpc) is 2.23. The Hall–Kier alpha value is -0.730. The van der Waals surface area contributed by atoms with E-state index < -0.39 is 0 Å². The Balaban J connectivity index is 1.99. The molecule has 1 aliphatic rings.